The highest BCUT2D eigenvalue weighted by Gasteiger charge is 2.22. The average molecular weight is 364 g/mol. The van der Waals surface area contributed by atoms with Crippen molar-refractivity contribution in [3.8, 4) is 5.75 Å². The second-order valence-corrected chi connectivity index (χ2v) is 6.92. The SMILES string of the molecule is O=C1NC(=S)S/C1=C/c1ccc(OCC(=O)N2CCOCC2)cc1. The number of carbonyl (C=O) groups excluding carboxylic acids is 2. The summed E-state index contributed by atoms with van der Waals surface area (Å²) in [4.78, 5) is 25.9. The van der Waals surface area contributed by atoms with Gasteiger partial charge < -0.3 is 19.7 Å². The van der Waals surface area contributed by atoms with E-state index in [0.717, 1.165) is 5.56 Å². The Kier molecular flexibility index (Phi) is 5.49. The van der Waals surface area contributed by atoms with Crippen molar-refractivity contribution in [3.63, 3.8) is 0 Å². The molecule has 0 atom stereocenters. The van der Waals surface area contributed by atoms with Gasteiger partial charge in [0.1, 0.15) is 10.1 Å². The van der Waals surface area contributed by atoms with Crippen LogP contribution in [0.5, 0.6) is 5.75 Å². The van der Waals surface area contributed by atoms with Crippen LogP contribution in [0.2, 0.25) is 0 Å². The highest BCUT2D eigenvalue weighted by Crippen LogP contribution is 2.26. The summed E-state index contributed by atoms with van der Waals surface area (Å²) in [6.07, 6.45) is 1.77. The van der Waals surface area contributed by atoms with Gasteiger partial charge in [0.25, 0.3) is 11.8 Å². The van der Waals surface area contributed by atoms with Gasteiger partial charge in [-0.25, -0.2) is 0 Å². The molecule has 0 radical (unpaired) electrons. The largest absolute Gasteiger partial charge is 0.484 e. The van der Waals surface area contributed by atoms with Crippen LogP contribution in [0.4, 0.5) is 0 Å². The van der Waals surface area contributed by atoms with Crippen LogP contribution in [0.1, 0.15) is 5.56 Å². The van der Waals surface area contributed by atoms with Crippen LogP contribution < -0.4 is 10.1 Å². The molecule has 0 spiro atoms. The Labute approximate surface area is 149 Å². The molecule has 2 fully saturated rings. The van der Waals surface area contributed by atoms with E-state index in [9.17, 15) is 9.59 Å². The van der Waals surface area contributed by atoms with Gasteiger partial charge in [-0.05, 0) is 23.8 Å². The zero-order valence-corrected chi connectivity index (χ0v) is 14.5. The quantitative estimate of drug-likeness (QED) is 0.644. The molecule has 1 aromatic rings. The second kappa shape index (κ2) is 7.78. The first kappa shape index (κ1) is 16.9. The van der Waals surface area contributed by atoms with Crippen molar-refractivity contribution in [2.24, 2.45) is 0 Å². The Morgan fingerprint density at radius 3 is 2.67 bits per heavy atom. The highest BCUT2D eigenvalue weighted by atomic mass is 32.2. The minimum atomic E-state index is -0.179. The van der Waals surface area contributed by atoms with Crippen molar-refractivity contribution in [2.75, 3.05) is 32.9 Å². The molecule has 0 bridgehead atoms. The van der Waals surface area contributed by atoms with Crippen molar-refractivity contribution in [3.05, 3.63) is 34.7 Å². The van der Waals surface area contributed by atoms with Crippen LogP contribution in [-0.2, 0) is 14.3 Å². The molecule has 2 amide bonds. The number of nitrogens with zero attached hydrogens (tertiary/aromatic N) is 1. The third-order valence-corrected chi connectivity index (χ3v) is 4.71. The Hall–Kier alpha value is -1.90. The molecule has 1 aromatic carbocycles. The lowest BCUT2D eigenvalue weighted by Crippen LogP contribution is -2.42. The van der Waals surface area contributed by atoms with E-state index in [-0.39, 0.29) is 18.4 Å². The normalized spacial score (nSPS) is 19.5. The maximum Gasteiger partial charge on any atom is 0.263 e. The van der Waals surface area contributed by atoms with E-state index >= 15 is 0 Å². The summed E-state index contributed by atoms with van der Waals surface area (Å²) in [7, 11) is 0. The molecule has 126 valence electrons. The minimum Gasteiger partial charge on any atom is -0.484 e. The van der Waals surface area contributed by atoms with E-state index in [4.69, 9.17) is 21.7 Å². The maximum atomic E-state index is 12.0. The summed E-state index contributed by atoms with van der Waals surface area (Å²) in [5.74, 6) is 0.385. The van der Waals surface area contributed by atoms with Crippen molar-refractivity contribution in [1.82, 2.24) is 10.2 Å². The van der Waals surface area contributed by atoms with Gasteiger partial charge in [0.15, 0.2) is 6.61 Å². The molecule has 8 heteroatoms. The number of rotatable bonds is 4. The van der Waals surface area contributed by atoms with Gasteiger partial charge in [-0.3, -0.25) is 9.59 Å². The number of hydrogen-bond acceptors (Lipinski definition) is 6. The van der Waals surface area contributed by atoms with E-state index in [0.29, 0.717) is 41.3 Å². The second-order valence-electron chi connectivity index (χ2n) is 5.20. The number of benzene rings is 1. The molecule has 1 N–H and O–H groups in total. The molecule has 2 aliphatic heterocycles. The first-order valence-electron chi connectivity index (χ1n) is 7.45. The summed E-state index contributed by atoms with van der Waals surface area (Å²) in [5, 5.41) is 2.57. The zero-order chi connectivity index (χ0) is 16.9. The maximum absolute atomic E-state index is 12.0. The molecule has 6 nitrogen and oxygen atoms in total. The lowest BCUT2D eigenvalue weighted by molar-refractivity contribution is -0.137. The molecule has 0 aliphatic carbocycles. The van der Waals surface area contributed by atoms with Gasteiger partial charge >= 0.3 is 0 Å². The fourth-order valence-electron chi connectivity index (χ4n) is 2.28. The van der Waals surface area contributed by atoms with Crippen LogP contribution in [0, 0.1) is 0 Å². The Balaban J connectivity index is 1.55. The molecule has 0 saturated carbocycles. The van der Waals surface area contributed by atoms with Gasteiger partial charge in [-0.15, -0.1) is 0 Å². The number of carbonyl (C=O) groups is 2. The van der Waals surface area contributed by atoms with Gasteiger partial charge in [-0.1, -0.05) is 36.1 Å². The van der Waals surface area contributed by atoms with Gasteiger partial charge in [-0.2, -0.15) is 0 Å². The first-order valence-corrected chi connectivity index (χ1v) is 8.67. The topological polar surface area (TPSA) is 67.9 Å². The van der Waals surface area contributed by atoms with Crippen LogP contribution in [0.25, 0.3) is 6.08 Å². The minimum absolute atomic E-state index is 0.00691. The molecular weight excluding hydrogens is 348 g/mol. The lowest BCUT2D eigenvalue weighted by Gasteiger charge is -2.26. The van der Waals surface area contributed by atoms with Crippen LogP contribution >= 0.6 is 24.0 Å². The number of nitrogens with one attached hydrogen (secondary N) is 1. The van der Waals surface area contributed by atoms with E-state index in [2.05, 4.69) is 5.32 Å². The predicted octanol–water partition coefficient (Wildman–Crippen LogP) is 1.41. The summed E-state index contributed by atoms with van der Waals surface area (Å²) in [6.45, 7) is 2.37. The number of hydrogen-bond donors (Lipinski definition) is 1. The molecule has 2 heterocycles. The van der Waals surface area contributed by atoms with Gasteiger partial charge in [0.05, 0.1) is 18.1 Å². The van der Waals surface area contributed by atoms with Crippen molar-refractivity contribution in [1.29, 1.82) is 0 Å². The molecule has 2 aliphatic rings. The molecule has 24 heavy (non-hydrogen) atoms. The lowest BCUT2D eigenvalue weighted by atomic mass is 10.2. The first-order chi connectivity index (χ1) is 11.6. The van der Waals surface area contributed by atoms with E-state index in [1.54, 1.807) is 23.1 Å². The number of thioether (sulfide) groups is 1. The van der Waals surface area contributed by atoms with E-state index < -0.39 is 0 Å². The number of ether oxygens (including phenoxy) is 2. The Bertz CT molecular complexity index is 682. The van der Waals surface area contributed by atoms with E-state index in [1.807, 2.05) is 12.1 Å². The summed E-state index contributed by atoms with van der Waals surface area (Å²) in [5.41, 5.74) is 0.865. The molecule has 0 aromatic heterocycles. The monoisotopic (exact) mass is 364 g/mol. The molecule has 3 rings (SSSR count). The summed E-state index contributed by atoms with van der Waals surface area (Å²) >= 11 is 6.19. The van der Waals surface area contributed by atoms with Crippen molar-refractivity contribution < 1.29 is 19.1 Å². The number of amides is 2. The zero-order valence-electron chi connectivity index (χ0n) is 12.8. The molecule has 0 unspecified atom stereocenters. The average Bonchev–Trinajstić information content (AvgIpc) is 2.92. The Morgan fingerprint density at radius 1 is 1.33 bits per heavy atom. The molecule has 2 saturated heterocycles. The highest BCUT2D eigenvalue weighted by molar-refractivity contribution is 8.26. The third kappa shape index (κ3) is 4.34. The van der Waals surface area contributed by atoms with Crippen LogP contribution in [0.15, 0.2) is 29.2 Å². The number of thiocarbonyl (C=S) groups is 1. The van der Waals surface area contributed by atoms with E-state index in [1.165, 1.54) is 11.8 Å². The standard InChI is InChI=1S/C16H16N2O4S2/c19-14(18-5-7-21-8-6-18)10-22-12-3-1-11(2-4-12)9-13-15(20)17-16(23)24-13/h1-4,9H,5-8,10H2,(H,17,20,23)/b13-9+. The fourth-order valence-corrected chi connectivity index (χ4v) is 3.33. The number of morpholine rings is 1. The van der Waals surface area contributed by atoms with Crippen LogP contribution in [-0.4, -0.2) is 53.9 Å². The van der Waals surface area contributed by atoms with Crippen LogP contribution in [0.3, 0.4) is 0 Å². The summed E-state index contributed by atoms with van der Waals surface area (Å²) < 4.78 is 11.2. The van der Waals surface area contributed by atoms with Crippen molar-refractivity contribution in [2.45, 2.75) is 0 Å². The molecular formula is C16H16N2O4S2. The predicted molar refractivity (Wildman–Crippen MR) is 95.6 cm³/mol. The fraction of sp³-hybridized carbons (Fsp3) is 0.312. The van der Waals surface area contributed by atoms with Gasteiger partial charge in [0, 0.05) is 13.1 Å². The summed E-state index contributed by atoms with van der Waals surface area (Å²) in [6, 6.07) is 7.21. The van der Waals surface area contributed by atoms with Crippen molar-refractivity contribution >= 4 is 46.2 Å². The Morgan fingerprint density at radius 2 is 2.04 bits per heavy atom. The smallest absolute Gasteiger partial charge is 0.263 e. The third-order valence-electron chi connectivity index (χ3n) is 3.55. The van der Waals surface area contributed by atoms with Gasteiger partial charge in [0.2, 0.25) is 0 Å².